The predicted octanol–water partition coefficient (Wildman–Crippen LogP) is 0.826. The quantitative estimate of drug-likeness (QED) is 0.661. The van der Waals surface area contributed by atoms with E-state index in [0.29, 0.717) is 4.57 Å². The first-order valence-electron chi connectivity index (χ1n) is 2.86. The van der Waals surface area contributed by atoms with Crippen LogP contribution in [0.2, 0.25) is 0 Å². The van der Waals surface area contributed by atoms with Gasteiger partial charge in [0, 0.05) is 18.5 Å². The number of pyridine rings is 1. The summed E-state index contributed by atoms with van der Waals surface area (Å²) < 4.78 is 24.3. The number of anilines is 1. The smallest absolute Gasteiger partial charge is 0.318 e. The topological polar surface area (TPSA) is 48.0 Å². The number of nitrogens with two attached hydrogens (primary N) is 1. The standard InChI is InChI=1S/C6H6F2N2O/c7-6(8)10-2-1-5(11)4(9)3-10/h1-3,6H,9H2. The van der Waals surface area contributed by atoms with Gasteiger partial charge in [-0.3, -0.25) is 9.36 Å². The molecule has 3 nitrogen and oxygen atoms in total. The summed E-state index contributed by atoms with van der Waals surface area (Å²) in [7, 11) is 0. The maximum atomic E-state index is 11.9. The van der Waals surface area contributed by atoms with Gasteiger partial charge in [-0.2, -0.15) is 8.78 Å². The fraction of sp³-hybridized carbons (Fsp3) is 0.167. The van der Waals surface area contributed by atoms with Gasteiger partial charge in [-0.1, -0.05) is 0 Å². The molecule has 0 saturated heterocycles. The van der Waals surface area contributed by atoms with Crippen LogP contribution in [0.25, 0.3) is 0 Å². The molecule has 0 radical (unpaired) electrons. The molecule has 0 fully saturated rings. The van der Waals surface area contributed by atoms with E-state index in [-0.39, 0.29) is 5.69 Å². The third kappa shape index (κ3) is 1.54. The molecule has 0 atom stereocenters. The van der Waals surface area contributed by atoms with E-state index in [9.17, 15) is 13.6 Å². The molecule has 60 valence electrons. The lowest BCUT2D eigenvalue weighted by Gasteiger charge is -2.03. The fourth-order valence-corrected chi connectivity index (χ4v) is 0.639. The van der Waals surface area contributed by atoms with Crippen LogP contribution in [-0.2, 0) is 0 Å². The molecule has 1 aromatic heterocycles. The summed E-state index contributed by atoms with van der Waals surface area (Å²) in [5.74, 6) is 0. The van der Waals surface area contributed by atoms with E-state index in [1.165, 1.54) is 0 Å². The maximum Gasteiger partial charge on any atom is 0.318 e. The van der Waals surface area contributed by atoms with Crippen LogP contribution in [0.15, 0.2) is 23.3 Å². The monoisotopic (exact) mass is 160 g/mol. The minimum atomic E-state index is -2.65. The van der Waals surface area contributed by atoms with Crippen LogP contribution in [0.4, 0.5) is 14.5 Å². The van der Waals surface area contributed by atoms with Crippen molar-refractivity contribution in [3.8, 4) is 0 Å². The Kier molecular flexibility index (Phi) is 1.89. The zero-order valence-corrected chi connectivity index (χ0v) is 5.50. The van der Waals surface area contributed by atoms with Crippen molar-refractivity contribution in [3.63, 3.8) is 0 Å². The van der Waals surface area contributed by atoms with E-state index >= 15 is 0 Å². The second-order valence-corrected chi connectivity index (χ2v) is 1.99. The zero-order chi connectivity index (χ0) is 8.43. The predicted molar refractivity (Wildman–Crippen MR) is 36.4 cm³/mol. The van der Waals surface area contributed by atoms with Gasteiger partial charge in [0.2, 0.25) is 5.43 Å². The lowest BCUT2D eigenvalue weighted by molar-refractivity contribution is 0.0698. The first-order chi connectivity index (χ1) is 5.11. The molecule has 0 saturated carbocycles. The number of alkyl halides is 2. The molecular formula is C6H6F2N2O. The number of nitrogen functional groups attached to an aromatic ring is 1. The normalized spacial score (nSPS) is 10.5. The Balaban J connectivity index is 3.15. The molecule has 1 aromatic rings. The highest BCUT2D eigenvalue weighted by atomic mass is 19.3. The van der Waals surface area contributed by atoms with Gasteiger partial charge in [-0.25, -0.2) is 0 Å². The van der Waals surface area contributed by atoms with Gasteiger partial charge in [-0.15, -0.1) is 0 Å². The van der Waals surface area contributed by atoms with Crippen molar-refractivity contribution < 1.29 is 8.78 Å². The highest BCUT2D eigenvalue weighted by Crippen LogP contribution is 2.08. The lowest BCUT2D eigenvalue weighted by Crippen LogP contribution is -2.10. The molecule has 1 rings (SSSR count). The molecule has 0 unspecified atom stereocenters. The number of nitrogens with zero attached hydrogens (tertiary/aromatic N) is 1. The first kappa shape index (κ1) is 7.71. The number of aromatic nitrogens is 1. The molecule has 2 N–H and O–H groups in total. The Morgan fingerprint density at radius 3 is 2.64 bits per heavy atom. The summed E-state index contributed by atoms with van der Waals surface area (Å²) in [5, 5.41) is 0. The van der Waals surface area contributed by atoms with Crippen molar-refractivity contribution in [3.05, 3.63) is 28.7 Å². The highest BCUT2D eigenvalue weighted by Gasteiger charge is 2.03. The van der Waals surface area contributed by atoms with E-state index in [2.05, 4.69) is 0 Å². The highest BCUT2D eigenvalue weighted by molar-refractivity contribution is 5.33. The van der Waals surface area contributed by atoms with E-state index in [1.54, 1.807) is 0 Å². The van der Waals surface area contributed by atoms with Crippen LogP contribution in [0, 0.1) is 0 Å². The van der Waals surface area contributed by atoms with Crippen molar-refractivity contribution in [1.29, 1.82) is 0 Å². The molecule has 11 heavy (non-hydrogen) atoms. The number of rotatable bonds is 1. The average molecular weight is 160 g/mol. The minimum absolute atomic E-state index is 0.173. The molecule has 0 aliphatic carbocycles. The molecule has 0 aliphatic heterocycles. The molecule has 0 spiro atoms. The lowest BCUT2D eigenvalue weighted by atomic mass is 10.4. The molecule has 1 heterocycles. The summed E-state index contributed by atoms with van der Waals surface area (Å²) in [6, 6.07) is 1.00. The summed E-state index contributed by atoms with van der Waals surface area (Å²) in [5.41, 5.74) is 4.48. The van der Waals surface area contributed by atoms with Crippen LogP contribution in [0.5, 0.6) is 0 Å². The maximum absolute atomic E-state index is 11.9. The Bertz CT molecular complexity index is 308. The Morgan fingerprint density at radius 1 is 1.55 bits per heavy atom. The van der Waals surface area contributed by atoms with Gasteiger partial charge in [-0.05, 0) is 0 Å². The molecule has 5 heteroatoms. The van der Waals surface area contributed by atoms with E-state index in [1.807, 2.05) is 0 Å². The third-order valence-corrected chi connectivity index (χ3v) is 1.20. The minimum Gasteiger partial charge on any atom is -0.394 e. The Morgan fingerprint density at radius 2 is 2.18 bits per heavy atom. The average Bonchev–Trinajstić information content (AvgIpc) is 1.94. The van der Waals surface area contributed by atoms with Gasteiger partial charge in [0.1, 0.15) is 0 Å². The second kappa shape index (κ2) is 2.69. The fourth-order valence-electron chi connectivity index (χ4n) is 0.639. The van der Waals surface area contributed by atoms with Gasteiger partial charge in [0.25, 0.3) is 0 Å². The first-order valence-corrected chi connectivity index (χ1v) is 2.86. The number of hydrogen-bond donors (Lipinski definition) is 1. The van der Waals surface area contributed by atoms with E-state index in [0.717, 1.165) is 18.5 Å². The van der Waals surface area contributed by atoms with Crippen LogP contribution in [0.1, 0.15) is 6.55 Å². The second-order valence-electron chi connectivity index (χ2n) is 1.99. The third-order valence-electron chi connectivity index (χ3n) is 1.20. The number of hydrogen-bond acceptors (Lipinski definition) is 2. The molecule has 0 aliphatic rings. The van der Waals surface area contributed by atoms with Crippen molar-refractivity contribution in [1.82, 2.24) is 4.57 Å². The Hall–Kier alpha value is -1.39. The summed E-state index contributed by atoms with van der Waals surface area (Å²) in [6.07, 6.45) is 1.90. The zero-order valence-electron chi connectivity index (χ0n) is 5.50. The van der Waals surface area contributed by atoms with Gasteiger partial charge >= 0.3 is 6.55 Å². The number of halogens is 2. The van der Waals surface area contributed by atoms with Gasteiger partial charge < -0.3 is 5.73 Å². The Labute approximate surface area is 61.1 Å². The van der Waals surface area contributed by atoms with Crippen LogP contribution < -0.4 is 11.2 Å². The molecule has 0 amide bonds. The largest absolute Gasteiger partial charge is 0.394 e. The summed E-state index contributed by atoms with van der Waals surface area (Å²) in [6.45, 7) is -2.65. The van der Waals surface area contributed by atoms with Gasteiger partial charge in [0.05, 0.1) is 5.69 Å². The summed E-state index contributed by atoms with van der Waals surface area (Å²) in [4.78, 5) is 10.6. The SMILES string of the molecule is Nc1cn(C(F)F)ccc1=O. The van der Waals surface area contributed by atoms with Gasteiger partial charge in [0.15, 0.2) is 0 Å². The summed E-state index contributed by atoms with van der Waals surface area (Å²) >= 11 is 0. The van der Waals surface area contributed by atoms with Crippen molar-refractivity contribution in [2.75, 3.05) is 5.73 Å². The van der Waals surface area contributed by atoms with Crippen molar-refractivity contribution in [2.24, 2.45) is 0 Å². The van der Waals surface area contributed by atoms with E-state index < -0.39 is 12.0 Å². The van der Waals surface area contributed by atoms with E-state index in [4.69, 9.17) is 5.73 Å². The molecule has 0 aromatic carbocycles. The van der Waals surface area contributed by atoms with Crippen LogP contribution >= 0.6 is 0 Å². The van der Waals surface area contributed by atoms with Crippen LogP contribution in [0.3, 0.4) is 0 Å². The van der Waals surface area contributed by atoms with Crippen molar-refractivity contribution >= 4 is 5.69 Å². The van der Waals surface area contributed by atoms with Crippen LogP contribution in [-0.4, -0.2) is 4.57 Å². The molecular weight excluding hydrogens is 154 g/mol. The van der Waals surface area contributed by atoms with Crippen molar-refractivity contribution in [2.45, 2.75) is 6.55 Å². The molecule has 0 bridgehead atoms.